The molecule has 1 amide bonds. The van der Waals surface area contributed by atoms with Crippen LogP contribution < -0.4 is 14.8 Å². The van der Waals surface area contributed by atoms with Gasteiger partial charge in [-0.15, -0.1) is 0 Å². The zero-order valence-corrected chi connectivity index (χ0v) is 11.1. The molecule has 0 radical (unpaired) electrons. The van der Waals surface area contributed by atoms with E-state index in [2.05, 4.69) is 5.32 Å². The third-order valence-corrected chi connectivity index (χ3v) is 2.59. The van der Waals surface area contributed by atoms with Crippen LogP contribution in [0.3, 0.4) is 0 Å². The van der Waals surface area contributed by atoms with E-state index in [9.17, 15) is 9.90 Å². The Morgan fingerprint density at radius 2 is 2.06 bits per heavy atom. The summed E-state index contributed by atoms with van der Waals surface area (Å²) >= 11 is 0. The highest BCUT2D eigenvalue weighted by Crippen LogP contribution is 2.30. The summed E-state index contributed by atoms with van der Waals surface area (Å²) in [5.74, 6) is 0.827. The van der Waals surface area contributed by atoms with Crippen LogP contribution in [0.25, 0.3) is 0 Å². The first-order valence-electron chi connectivity index (χ1n) is 5.73. The first-order valence-corrected chi connectivity index (χ1v) is 5.73. The summed E-state index contributed by atoms with van der Waals surface area (Å²) < 4.78 is 10.6. The lowest BCUT2D eigenvalue weighted by molar-refractivity contribution is -0.126. The topological polar surface area (TPSA) is 67.8 Å². The lowest BCUT2D eigenvalue weighted by Gasteiger charge is -2.18. The number of likely N-dealkylation sites (N-methyl/N-ethyl adjacent to an activating group) is 1. The van der Waals surface area contributed by atoms with Crippen molar-refractivity contribution in [1.82, 2.24) is 5.32 Å². The maximum atomic E-state index is 11.4. The van der Waals surface area contributed by atoms with Crippen LogP contribution in [0.15, 0.2) is 18.2 Å². The molecule has 18 heavy (non-hydrogen) atoms. The summed E-state index contributed by atoms with van der Waals surface area (Å²) in [4.78, 5) is 11.4. The van der Waals surface area contributed by atoms with Crippen LogP contribution in [0.1, 0.15) is 25.5 Å². The number of methoxy groups -OCH3 is 1. The number of benzene rings is 1. The zero-order valence-electron chi connectivity index (χ0n) is 11.1. The van der Waals surface area contributed by atoms with Crippen LogP contribution in [-0.4, -0.2) is 31.3 Å². The maximum absolute atomic E-state index is 11.4. The van der Waals surface area contributed by atoms with Gasteiger partial charge in [-0.05, 0) is 26.0 Å². The molecule has 100 valence electrons. The second kappa shape index (κ2) is 6.26. The third kappa shape index (κ3) is 3.37. The van der Waals surface area contributed by atoms with Crippen molar-refractivity contribution in [1.29, 1.82) is 0 Å². The van der Waals surface area contributed by atoms with Crippen LogP contribution in [0.2, 0.25) is 0 Å². The van der Waals surface area contributed by atoms with Gasteiger partial charge in [0.25, 0.3) is 5.91 Å². The molecule has 0 heterocycles. The first kappa shape index (κ1) is 14.3. The average Bonchev–Trinajstić information content (AvgIpc) is 2.37. The van der Waals surface area contributed by atoms with Crippen molar-refractivity contribution in [2.45, 2.75) is 26.1 Å². The molecule has 5 nitrogen and oxygen atoms in total. The van der Waals surface area contributed by atoms with Crippen LogP contribution in [0.4, 0.5) is 0 Å². The van der Waals surface area contributed by atoms with E-state index in [1.54, 1.807) is 46.2 Å². The summed E-state index contributed by atoms with van der Waals surface area (Å²) in [6, 6.07) is 5.11. The highest BCUT2D eigenvalue weighted by molar-refractivity contribution is 5.80. The highest BCUT2D eigenvalue weighted by atomic mass is 16.5. The van der Waals surface area contributed by atoms with Gasteiger partial charge in [-0.25, -0.2) is 0 Å². The lowest BCUT2D eigenvalue weighted by atomic mass is 10.1. The van der Waals surface area contributed by atoms with Crippen molar-refractivity contribution in [2.75, 3.05) is 14.2 Å². The number of ether oxygens (including phenoxy) is 2. The van der Waals surface area contributed by atoms with Gasteiger partial charge >= 0.3 is 0 Å². The van der Waals surface area contributed by atoms with E-state index < -0.39 is 12.2 Å². The smallest absolute Gasteiger partial charge is 0.260 e. The Kier molecular flexibility index (Phi) is 4.97. The molecule has 0 spiro atoms. The minimum absolute atomic E-state index is 0.227. The average molecular weight is 253 g/mol. The second-order valence-corrected chi connectivity index (χ2v) is 3.95. The molecule has 0 saturated carbocycles. The minimum atomic E-state index is -0.678. The van der Waals surface area contributed by atoms with Crippen molar-refractivity contribution < 1.29 is 19.4 Å². The van der Waals surface area contributed by atoms with Gasteiger partial charge in [0.2, 0.25) is 0 Å². The lowest BCUT2D eigenvalue weighted by Crippen LogP contribution is -2.34. The number of hydrogen-bond acceptors (Lipinski definition) is 4. The molecular weight excluding hydrogens is 234 g/mol. The molecule has 1 aromatic rings. The van der Waals surface area contributed by atoms with Gasteiger partial charge in [0.15, 0.2) is 6.10 Å². The molecule has 0 aliphatic rings. The summed E-state index contributed by atoms with van der Waals surface area (Å²) in [6.07, 6.45) is -1.32. The van der Waals surface area contributed by atoms with Gasteiger partial charge in [0, 0.05) is 18.7 Å². The van der Waals surface area contributed by atoms with E-state index in [1.165, 1.54) is 0 Å². The Balaban J connectivity index is 3.00. The quantitative estimate of drug-likeness (QED) is 0.829. The number of hydrogen-bond donors (Lipinski definition) is 2. The number of amides is 1. The van der Waals surface area contributed by atoms with Crippen LogP contribution in [0, 0.1) is 0 Å². The largest absolute Gasteiger partial charge is 0.497 e. The van der Waals surface area contributed by atoms with Gasteiger partial charge in [0.1, 0.15) is 11.5 Å². The molecule has 0 bridgehead atoms. The number of nitrogens with one attached hydrogen (secondary N) is 1. The summed E-state index contributed by atoms with van der Waals surface area (Å²) in [7, 11) is 3.09. The molecule has 0 aliphatic heterocycles. The van der Waals surface area contributed by atoms with Crippen molar-refractivity contribution in [3.8, 4) is 11.5 Å². The maximum Gasteiger partial charge on any atom is 0.260 e. The molecule has 1 unspecified atom stereocenters. The molecule has 0 fully saturated rings. The molecule has 5 heteroatoms. The third-order valence-electron chi connectivity index (χ3n) is 2.59. The SMILES string of the molecule is CNC(=O)C(C)Oc1cc(OC)ccc1[C@@H](C)O. The molecule has 0 aromatic heterocycles. The van der Waals surface area contributed by atoms with E-state index in [4.69, 9.17) is 9.47 Å². The Morgan fingerprint density at radius 1 is 1.39 bits per heavy atom. The van der Waals surface area contributed by atoms with Gasteiger partial charge in [-0.1, -0.05) is 0 Å². The molecule has 0 aliphatic carbocycles. The fourth-order valence-electron chi connectivity index (χ4n) is 1.54. The summed E-state index contributed by atoms with van der Waals surface area (Å²) in [5, 5.41) is 12.2. The second-order valence-electron chi connectivity index (χ2n) is 3.95. The highest BCUT2D eigenvalue weighted by Gasteiger charge is 2.17. The van der Waals surface area contributed by atoms with E-state index in [1.807, 2.05) is 0 Å². The monoisotopic (exact) mass is 253 g/mol. The molecule has 0 saturated heterocycles. The van der Waals surface area contributed by atoms with Crippen LogP contribution in [-0.2, 0) is 4.79 Å². The molecular formula is C13H19NO4. The minimum Gasteiger partial charge on any atom is -0.497 e. The Morgan fingerprint density at radius 3 is 2.56 bits per heavy atom. The number of rotatable bonds is 5. The summed E-state index contributed by atoms with van der Waals surface area (Å²) in [5.41, 5.74) is 0.617. The van der Waals surface area contributed by atoms with Gasteiger partial charge in [0.05, 0.1) is 13.2 Å². The molecule has 1 aromatic carbocycles. The van der Waals surface area contributed by atoms with E-state index in [-0.39, 0.29) is 5.91 Å². The number of carbonyl (C=O) groups excluding carboxylic acids is 1. The van der Waals surface area contributed by atoms with E-state index in [0.717, 1.165) is 0 Å². The van der Waals surface area contributed by atoms with Crippen molar-refractivity contribution in [3.63, 3.8) is 0 Å². The van der Waals surface area contributed by atoms with E-state index in [0.29, 0.717) is 17.1 Å². The normalized spacial score (nSPS) is 13.6. The van der Waals surface area contributed by atoms with Gasteiger partial charge < -0.3 is 19.9 Å². The van der Waals surface area contributed by atoms with E-state index >= 15 is 0 Å². The Hall–Kier alpha value is -1.75. The van der Waals surface area contributed by atoms with Gasteiger partial charge in [-0.2, -0.15) is 0 Å². The molecule has 2 atom stereocenters. The van der Waals surface area contributed by atoms with Crippen molar-refractivity contribution in [3.05, 3.63) is 23.8 Å². The standard InChI is InChI=1S/C13H19NO4/c1-8(15)11-6-5-10(17-4)7-12(11)18-9(2)13(16)14-3/h5-9,15H,1-4H3,(H,14,16)/t8-,9?/m1/s1. The summed E-state index contributed by atoms with van der Waals surface area (Å²) in [6.45, 7) is 3.28. The zero-order chi connectivity index (χ0) is 13.7. The predicted octanol–water partition coefficient (Wildman–Crippen LogP) is 1.26. The fourth-order valence-corrected chi connectivity index (χ4v) is 1.54. The van der Waals surface area contributed by atoms with Crippen LogP contribution >= 0.6 is 0 Å². The number of aliphatic hydroxyl groups is 1. The van der Waals surface area contributed by atoms with Gasteiger partial charge in [-0.3, -0.25) is 4.79 Å². The number of aliphatic hydroxyl groups excluding tert-OH is 1. The van der Waals surface area contributed by atoms with Crippen molar-refractivity contribution >= 4 is 5.91 Å². The van der Waals surface area contributed by atoms with Crippen molar-refractivity contribution in [2.24, 2.45) is 0 Å². The predicted molar refractivity (Wildman–Crippen MR) is 67.8 cm³/mol. The molecule has 2 N–H and O–H groups in total. The molecule has 1 rings (SSSR count). The Bertz CT molecular complexity index is 417. The first-order chi connectivity index (χ1) is 8.49. The van der Waals surface area contributed by atoms with Crippen LogP contribution in [0.5, 0.6) is 11.5 Å². The number of carbonyl (C=O) groups is 1. The Labute approximate surface area is 107 Å². The fraction of sp³-hybridized carbons (Fsp3) is 0.462.